The summed E-state index contributed by atoms with van der Waals surface area (Å²) in [5, 5.41) is 0. The van der Waals surface area contributed by atoms with Gasteiger partial charge in [0.2, 0.25) is 5.91 Å². The number of likely N-dealkylation sites (tertiary alicyclic amines) is 2. The Bertz CT molecular complexity index is 908. The van der Waals surface area contributed by atoms with Gasteiger partial charge >= 0.3 is 0 Å². The van der Waals surface area contributed by atoms with Crippen LogP contribution in [0, 0.1) is 11.8 Å². The number of likely N-dealkylation sites (N-methyl/N-ethyl adjacent to an activating group) is 1. The van der Waals surface area contributed by atoms with Gasteiger partial charge in [-0.05, 0) is 68.8 Å². The van der Waals surface area contributed by atoms with Crippen LogP contribution in [0.25, 0.3) is 0 Å². The first kappa shape index (κ1) is 31.5. The Kier molecular flexibility index (Phi) is 15.4. The third kappa shape index (κ3) is 11.4. The van der Waals surface area contributed by atoms with Crippen LogP contribution in [0.1, 0.15) is 50.7 Å². The maximum Gasteiger partial charge on any atom is 0.225 e. The van der Waals surface area contributed by atoms with E-state index in [-0.39, 0.29) is 5.92 Å². The predicted octanol–water partition coefficient (Wildman–Crippen LogP) is 6.70. The molecule has 0 aromatic heterocycles. The molecule has 4 rings (SSSR count). The van der Waals surface area contributed by atoms with Crippen molar-refractivity contribution >= 4 is 5.91 Å². The van der Waals surface area contributed by atoms with E-state index in [0.29, 0.717) is 5.91 Å². The SMILES string of the molecule is C=CC=C.CC.CN(CCc1ccccc1)C(=O)C1CCCN(C[C@@H]2CCN(Cc3ccccc3)C2)CC1. The highest BCUT2D eigenvalue weighted by atomic mass is 16.2. The van der Waals surface area contributed by atoms with E-state index >= 15 is 0 Å². The average molecular weight is 518 g/mol. The number of hydrogen-bond donors (Lipinski definition) is 0. The number of rotatable bonds is 9. The van der Waals surface area contributed by atoms with E-state index in [2.05, 4.69) is 77.6 Å². The highest BCUT2D eigenvalue weighted by Gasteiger charge is 2.28. The molecule has 2 aromatic rings. The zero-order valence-corrected chi connectivity index (χ0v) is 24.2. The lowest BCUT2D eigenvalue weighted by atomic mass is 9.99. The van der Waals surface area contributed by atoms with Crippen LogP contribution < -0.4 is 0 Å². The lowest BCUT2D eigenvalue weighted by Crippen LogP contribution is -2.35. The highest BCUT2D eigenvalue weighted by molar-refractivity contribution is 5.78. The van der Waals surface area contributed by atoms with Crippen molar-refractivity contribution in [1.82, 2.24) is 14.7 Å². The van der Waals surface area contributed by atoms with Gasteiger partial charge < -0.3 is 9.80 Å². The molecule has 2 aliphatic rings. The molecule has 0 radical (unpaired) electrons. The number of hydrogen-bond acceptors (Lipinski definition) is 3. The summed E-state index contributed by atoms with van der Waals surface area (Å²) in [4.78, 5) is 20.2. The molecule has 1 unspecified atom stereocenters. The summed E-state index contributed by atoms with van der Waals surface area (Å²) in [7, 11) is 1.98. The molecule has 2 aromatic carbocycles. The minimum atomic E-state index is 0.193. The molecular weight excluding hydrogens is 466 g/mol. The summed E-state index contributed by atoms with van der Waals surface area (Å²) >= 11 is 0. The Morgan fingerprint density at radius 3 is 2.11 bits per heavy atom. The molecule has 4 nitrogen and oxygen atoms in total. The molecule has 0 N–H and O–H groups in total. The van der Waals surface area contributed by atoms with Gasteiger partial charge in [-0.1, -0.05) is 99.8 Å². The van der Waals surface area contributed by atoms with Gasteiger partial charge in [-0.2, -0.15) is 0 Å². The summed E-state index contributed by atoms with van der Waals surface area (Å²) in [6, 6.07) is 21.3. The van der Waals surface area contributed by atoms with Gasteiger partial charge in [0, 0.05) is 39.1 Å². The van der Waals surface area contributed by atoms with Crippen LogP contribution in [0.4, 0.5) is 0 Å². The van der Waals surface area contributed by atoms with Crippen molar-refractivity contribution in [1.29, 1.82) is 0 Å². The molecule has 4 heteroatoms. The highest BCUT2D eigenvalue weighted by Crippen LogP contribution is 2.24. The van der Waals surface area contributed by atoms with E-state index in [1.165, 1.54) is 37.2 Å². The molecule has 0 spiro atoms. The second kappa shape index (κ2) is 18.5. The van der Waals surface area contributed by atoms with Crippen molar-refractivity contribution in [3.8, 4) is 0 Å². The minimum Gasteiger partial charge on any atom is -0.345 e. The molecule has 0 bridgehead atoms. The normalized spacial score (nSPS) is 19.7. The second-order valence-electron chi connectivity index (χ2n) is 10.3. The third-order valence-corrected chi connectivity index (χ3v) is 7.43. The summed E-state index contributed by atoms with van der Waals surface area (Å²) in [6.45, 7) is 18.4. The molecule has 0 aliphatic carbocycles. The van der Waals surface area contributed by atoms with Gasteiger partial charge in [0.15, 0.2) is 0 Å². The molecule has 2 heterocycles. The van der Waals surface area contributed by atoms with Crippen LogP contribution in [-0.2, 0) is 17.8 Å². The molecule has 0 saturated carbocycles. The fourth-order valence-corrected chi connectivity index (χ4v) is 5.36. The van der Waals surface area contributed by atoms with E-state index in [1.807, 2.05) is 31.9 Å². The number of allylic oxidation sites excluding steroid dienone is 2. The summed E-state index contributed by atoms with van der Waals surface area (Å²) in [5.74, 6) is 1.30. The third-order valence-electron chi connectivity index (χ3n) is 7.43. The van der Waals surface area contributed by atoms with E-state index in [1.54, 1.807) is 12.2 Å². The first-order chi connectivity index (χ1) is 18.6. The Labute approximate surface area is 233 Å². The monoisotopic (exact) mass is 517 g/mol. The summed E-state index contributed by atoms with van der Waals surface area (Å²) in [5.41, 5.74) is 2.72. The number of carbonyl (C=O) groups excluding carboxylic acids is 1. The van der Waals surface area contributed by atoms with Crippen LogP contribution in [0.15, 0.2) is 86.0 Å². The second-order valence-corrected chi connectivity index (χ2v) is 10.3. The van der Waals surface area contributed by atoms with Crippen molar-refractivity contribution in [2.75, 3.05) is 46.3 Å². The molecule has 2 atom stereocenters. The van der Waals surface area contributed by atoms with Gasteiger partial charge in [0.1, 0.15) is 0 Å². The Morgan fingerprint density at radius 1 is 0.868 bits per heavy atom. The number of benzene rings is 2. The van der Waals surface area contributed by atoms with Gasteiger partial charge in [-0.15, -0.1) is 0 Å². The Hall–Kier alpha value is -2.69. The molecule has 38 heavy (non-hydrogen) atoms. The molecule has 2 aliphatic heterocycles. The largest absolute Gasteiger partial charge is 0.345 e. The predicted molar refractivity (Wildman–Crippen MR) is 163 cm³/mol. The standard InChI is InChI=1S/C28H39N3O.C4H6.C2H6/c1-29(18-14-24-9-4-2-5-10-24)28(32)27-13-8-17-30(20-16-27)22-26-15-19-31(23-26)21-25-11-6-3-7-12-25;1-3-4-2;1-2/h2-7,9-12,26-27H,8,13-23H2,1H3;3-4H,1-2H2;1-2H3/t26-,27?;;/m0../s1. The van der Waals surface area contributed by atoms with Gasteiger partial charge in [-0.25, -0.2) is 0 Å². The Balaban J connectivity index is 0.000000773. The molecular formula is C34H51N3O. The van der Waals surface area contributed by atoms with Crippen LogP contribution in [0.3, 0.4) is 0 Å². The van der Waals surface area contributed by atoms with E-state index in [9.17, 15) is 4.79 Å². The number of nitrogens with zero attached hydrogens (tertiary/aromatic N) is 3. The first-order valence-corrected chi connectivity index (χ1v) is 14.6. The van der Waals surface area contributed by atoms with Gasteiger partial charge in [0.25, 0.3) is 0 Å². The number of carbonyl (C=O) groups is 1. The first-order valence-electron chi connectivity index (χ1n) is 14.6. The van der Waals surface area contributed by atoms with Crippen LogP contribution in [-0.4, -0.2) is 66.9 Å². The zero-order valence-electron chi connectivity index (χ0n) is 24.2. The molecule has 208 valence electrons. The lowest BCUT2D eigenvalue weighted by Gasteiger charge is -2.25. The van der Waals surface area contributed by atoms with E-state index < -0.39 is 0 Å². The van der Waals surface area contributed by atoms with Gasteiger partial charge in [-0.3, -0.25) is 9.69 Å². The van der Waals surface area contributed by atoms with E-state index in [0.717, 1.165) is 57.8 Å². The van der Waals surface area contributed by atoms with Gasteiger partial charge in [0.05, 0.1) is 0 Å². The van der Waals surface area contributed by atoms with Crippen molar-refractivity contribution in [2.24, 2.45) is 11.8 Å². The fourth-order valence-electron chi connectivity index (χ4n) is 5.36. The number of amides is 1. The van der Waals surface area contributed by atoms with Crippen LogP contribution in [0.2, 0.25) is 0 Å². The topological polar surface area (TPSA) is 26.8 Å². The molecule has 1 amide bonds. The lowest BCUT2D eigenvalue weighted by molar-refractivity contribution is -0.134. The van der Waals surface area contributed by atoms with Crippen molar-refractivity contribution in [2.45, 2.75) is 52.5 Å². The Morgan fingerprint density at radius 2 is 1.47 bits per heavy atom. The zero-order chi connectivity index (χ0) is 27.6. The fraction of sp³-hybridized carbons (Fsp3) is 0.500. The summed E-state index contributed by atoms with van der Waals surface area (Å²) in [6.07, 6.45) is 8.70. The van der Waals surface area contributed by atoms with Crippen LogP contribution >= 0.6 is 0 Å². The summed E-state index contributed by atoms with van der Waals surface area (Å²) < 4.78 is 0. The van der Waals surface area contributed by atoms with Crippen molar-refractivity contribution < 1.29 is 4.79 Å². The van der Waals surface area contributed by atoms with Crippen LogP contribution in [0.5, 0.6) is 0 Å². The van der Waals surface area contributed by atoms with Crippen molar-refractivity contribution in [3.05, 3.63) is 97.1 Å². The average Bonchev–Trinajstić information content (AvgIpc) is 3.27. The molecule has 2 saturated heterocycles. The maximum absolute atomic E-state index is 13.0. The van der Waals surface area contributed by atoms with Crippen molar-refractivity contribution in [3.63, 3.8) is 0 Å². The molecule has 2 fully saturated rings. The minimum absolute atomic E-state index is 0.193. The smallest absolute Gasteiger partial charge is 0.225 e. The quantitative estimate of drug-likeness (QED) is 0.347. The van der Waals surface area contributed by atoms with E-state index in [4.69, 9.17) is 0 Å². The maximum atomic E-state index is 13.0.